The van der Waals surface area contributed by atoms with Crippen LogP contribution in [-0.2, 0) is 19.2 Å². The highest BCUT2D eigenvalue weighted by Gasteiger charge is 2.37. The Bertz CT molecular complexity index is 517. The molecule has 0 fully saturated rings. The van der Waals surface area contributed by atoms with Crippen LogP contribution in [0.2, 0.25) is 0 Å². The lowest BCUT2D eigenvalue weighted by Crippen LogP contribution is -2.45. The van der Waals surface area contributed by atoms with Gasteiger partial charge in [0.25, 0.3) is 11.8 Å². The van der Waals surface area contributed by atoms with E-state index in [1.807, 2.05) is 5.43 Å². The van der Waals surface area contributed by atoms with Crippen molar-refractivity contribution in [2.75, 3.05) is 21.1 Å². The van der Waals surface area contributed by atoms with Crippen molar-refractivity contribution in [1.82, 2.24) is 21.4 Å². The molecule has 4 amide bonds. The van der Waals surface area contributed by atoms with Crippen molar-refractivity contribution in [3.63, 3.8) is 0 Å². The van der Waals surface area contributed by atoms with E-state index in [1.54, 1.807) is 0 Å². The highest BCUT2D eigenvalue weighted by atomic mass is 16.2. The average Bonchev–Trinajstić information content (AvgIpc) is 2.57. The molecule has 1 aliphatic carbocycles. The summed E-state index contributed by atoms with van der Waals surface area (Å²) in [7, 11) is 4.21. The summed E-state index contributed by atoms with van der Waals surface area (Å²) in [4.78, 5) is 47.7. The van der Waals surface area contributed by atoms with Crippen molar-refractivity contribution < 1.29 is 19.2 Å². The monoisotopic (exact) mass is 309 g/mol. The minimum absolute atomic E-state index is 0.00982. The molecule has 1 aliphatic rings. The highest BCUT2D eigenvalue weighted by Crippen LogP contribution is 2.29. The molecule has 0 aliphatic heterocycles. The Labute approximate surface area is 127 Å². The van der Waals surface area contributed by atoms with Gasteiger partial charge in [-0.15, -0.1) is 0 Å². The molecule has 0 aromatic heterocycles. The number of carbonyl (C=O) groups is 4. The van der Waals surface area contributed by atoms with Crippen LogP contribution >= 0.6 is 0 Å². The van der Waals surface area contributed by atoms with Crippen molar-refractivity contribution >= 4 is 23.6 Å². The third kappa shape index (κ3) is 3.31. The zero-order valence-electron chi connectivity index (χ0n) is 12.5. The van der Waals surface area contributed by atoms with E-state index in [2.05, 4.69) is 16.0 Å². The standard InChI is InChI=1S/C13H19N5O4/c1-15-10(19)6-4-8(12(21)17-3)9(13(22)18-14)5-7(6)11(20)16-2/h4-5,8-9H,14H2,1-3H3,(H,15,19)(H,16,20)(H,17,21)(H,18,22). The van der Waals surface area contributed by atoms with Crippen LogP contribution in [0.5, 0.6) is 0 Å². The number of rotatable bonds is 4. The molecule has 9 nitrogen and oxygen atoms in total. The molecule has 0 radical (unpaired) electrons. The fourth-order valence-electron chi connectivity index (χ4n) is 2.15. The van der Waals surface area contributed by atoms with Crippen LogP contribution < -0.4 is 27.2 Å². The fourth-order valence-corrected chi connectivity index (χ4v) is 2.15. The molecule has 0 aromatic rings. The first-order chi connectivity index (χ1) is 10.4. The number of likely N-dealkylation sites (N-methyl/N-ethyl adjacent to an activating group) is 2. The molecule has 0 heterocycles. The van der Waals surface area contributed by atoms with Crippen molar-refractivity contribution in [2.24, 2.45) is 17.7 Å². The van der Waals surface area contributed by atoms with Gasteiger partial charge in [-0.3, -0.25) is 24.6 Å². The van der Waals surface area contributed by atoms with Gasteiger partial charge in [-0.1, -0.05) is 12.2 Å². The molecule has 0 aromatic carbocycles. The van der Waals surface area contributed by atoms with Crippen LogP contribution in [0, 0.1) is 11.8 Å². The van der Waals surface area contributed by atoms with Gasteiger partial charge in [-0.25, -0.2) is 5.84 Å². The number of amides is 4. The van der Waals surface area contributed by atoms with E-state index in [0.29, 0.717) is 0 Å². The van der Waals surface area contributed by atoms with Crippen LogP contribution in [-0.4, -0.2) is 44.8 Å². The molecule has 0 spiro atoms. The van der Waals surface area contributed by atoms with Gasteiger partial charge in [0.2, 0.25) is 11.8 Å². The van der Waals surface area contributed by atoms with Crippen molar-refractivity contribution in [2.45, 2.75) is 0 Å². The van der Waals surface area contributed by atoms with Gasteiger partial charge in [0.15, 0.2) is 0 Å². The number of hydrogen-bond donors (Lipinski definition) is 5. The van der Waals surface area contributed by atoms with Crippen LogP contribution in [0.1, 0.15) is 0 Å². The molecule has 0 saturated heterocycles. The van der Waals surface area contributed by atoms with Gasteiger partial charge in [0.05, 0.1) is 11.8 Å². The molecular weight excluding hydrogens is 290 g/mol. The van der Waals surface area contributed by atoms with Crippen LogP contribution in [0.4, 0.5) is 0 Å². The lowest BCUT2D eigenvalue weighted by Gasteiger charge is -2.26. The van der Waals surface area contributed by atoms with E-state index < -0.39 is 35.5 Å². The topological polar surface area (TPSA) is 142 Å². The summed E-state index contributed by atoms with van der Waals surface area (Å²) < 4.78 is 0. The molecular formula is C13H19N5O4. The molecule has 0 saturated carbocycles. The van der Waals surface area contributed by atoms with E-state index in [9.17, 15) is 19.2 Å². The summed E-state index contributed by atoms with van der Waals surface area (Å²) in [6.07, 6.45) is 2.56. The van der Waals surface area contributed by atoms with E-state index in [-0.39, 0.29) is 11.1 Å². The second-order valence-electron chi connectivity index (χ2n) is 4.49. The first-order valence-electron chi connectivity index (χ1n) is 6.51. The summed E-state index contributed by atoms with van der Waals surface area (Å²) in [5.74, 6) is 0.995. The quantitative estimate of drug-likeness (QED) is 0.218. The van der Waals surface area contributed by atoms with Crippen molar-refractivity contribution in [1.29, 1.82) is 0 Å². The SMILES string of the molecule is CNC(=O)C1=CC(C(=O)NC)C(C(=O)NN)C=C1C(=O)NC. The zero-order chi connectivity index (χ0) is 16.9. The zero-order valence-corrected chi connectivity index (χ0v) is 12.5. The molecule has 6 N–H and O–H groups in total. The Balaban J connectivity index is 3.41. The van der Waals surface area contributed by atoms with Crippen molar-refractivity contribution in [3.8, 4) is 0 Å². The van der Waals surface area contributed by atoms with Crippen LogP contribution in [0.3, 0.4) is 0 Å². The average molecular weight is 309 g/mol. The minimum Gasteiger partial charge on any atom is -0.359 e. The molecule has 120 valence electrons. The summed E-state index contributed by atoms with van der Waals surface area (Å²) in [6.45, 7) is 0. The first-order valence-corrected chi connectivity index (χ1v) is 6.51. The second-order valence-corrected chi connectivity index (χ2v) is 4.49. The Hall–Kier alpha value is -2.68. The largest absolute Gasteiger partial charge is 0.359 e. The fraction of sp³-hybridized carbons (Fsp3) is 0.385. The molecule has 2 atom stereocenters. The molecule has 0 bridgehead atoms. The number of hydrogen-bond acceptors (Lipinski definition) is 5. The Kier molecular flexibility index (Phi) is 5.81. The third-order valence-corrected chi connectivity index (χ3v) is 3.31. The summed E-state index contributed by atoms with van der Waals surface area (Å²) in [5, 5.41) is 7.20. The van der Waals surface area contributed by atoms with Gasteiger partial charge in [0.1, 0.15) is 0 Å². The number of nitrogens with two attached hydrogens (primary N) is 1. The summed E-state index contributed by atoms with van der Waals surface area (Å²) in [6, 6.07) is 0. The Morgan fingerprint density at radius 3 is 1.55 bits per heavy atom. The summed E-state index contributed by atoms with van der Waals surface area (Å²) in [5.41, 5.74) is 1.99. The lowest BCUT2D eigenvalue weighted by atomic mass is 9.80. The maximum Gasteiger partial charge on any atom is 0.251 e. The van der Waals surface area contributed by atoms with Gasteiger partial charge in [-0.05, 0) is 0 Å². The highest BCUT2D eigenvalue weighted by molar-refractivity contribution is 6.12. The number of carbonyl (C=O) groups excluding carboxylic acids is 4. The van der Waals surface area contributed by atoms with Crippen LogP contribution in [0.25, 0.3) is 0 Å². The van der Waals surface area contributed by atoms with Gasteiger partial charge in [-0.2, -0.15) is 0 Å². The maximum absolute atomic E-state index is 12.0. The Morgan fingerprint density at radius 2 is 1.23 bits per heavy atom. The number of hydrazine groups is 1. The van der Waals surface area contributed by atoms with E-state index in [0.717, 1.165) is 0 Å². The van der Waals surface area contributed by atoms with Gasteiger partial charge >= 0.3 is 0 Å². The van der Waals surface area contributed by atoms with E-state index >= 15 is 0 Å². The predicted molar refractivity (Wildman–Crippen MR) is 77.7 cm³/mol. The molecule has 2 unspecified atom stereocenters. The predicted octanol–water partition coefficient (Wildman–Crippen LogP) is -2.69. The second kappa shape index (κ2) is 7.36. The van der Waals surface area contributed by atoms with Gasteiger partial charge < -0.3 is 16.0 Å². The van der Waals surface area contributed by atoms with E-state index in [4.69, 9.17) is 5.84 Å². The smallest absolute Gasteiger partial charge is 0.251 e. The van der Waals surface area contributed by atoms with Crippen molar-refractivity contribution in [3.05, 3.63) is 23.3 Å². The van der Waals surface area contributed by atoms with E-state index in [1.165, 1.54) is 33.3 Å². The maximum atomic E-state index is 12.0. The normalized spacial score (nSPS) is 20.2. The minimum atomic E-state index is -0.995. The molecule has 9 heteroatoms. The van der Waals surface area contributed by atoms with Gasteiger partial charge in [0, 0.05) is 32.3 Å². The number of nitrogens with one attached hydrogen (secondary N) is 4. The molecule has 22 heavy (non-hydrogen) atoms. The Morgan fingerprint density at radius 1 is 0.818 bits per heavy atom. The first kappa shape index (κ1) is 17.4. The molecule has 1 rings (SSSR count). The summed E-state index contributed by atoms with van der Waals surface area (Å²) >= 11 is 0. The van der Waals surface area contributed by atoms with Crippen LogP contribution in [0.15, 0.2) is 23.3 Å². The lowest BCUT2D eigenvalue weighted by molar-refractivity contribution is -0.131. The third-order valence-electron chi connectivity index (χ3n) is 3.31.